The molecule has 0 N–H and O–H groups in total. The summed E-state index contributed by atoms with van der Waals surface area (Å²) in [5.41, 5.74) is 0.901. The Morgan fingerprint density at radius 1 is 1.26 bits per heavy atom. The number of ether oxygens (including phenoxy) is 2. The minimum atomic E-state index is 0.0150. The molecule has 1 aromatic rings. The topological polar surface area (TPSA) is 64.5 Å². The molecule has 2 aliphatic rings. The molecule has 2 fully saturated rings. The van der Waals surface area contributed by atoms with E-state index >= 15 is 0 Å². The Labute approximate surface area is 137 Å². The van der Waals surface area contributed by atoms with Gasteiger partial charge in [-0.1, -0.05) is 0 Å². The first-order valence-electron chi connectivity index (χ1n) is 8.47. The molecule has 1 unspecified atom stereocenters. The van der Waals surface area contributed by atoms with E-state index in [0.717, 1.165) is 37.9 Å². The molecule has 2 aliphatic heterocycles. The van der Waals surface area contributed by atoms with E-state index in [2.05, 4.69) is 9.97 Å². The van der Waals surface area contributed by atoms with Crippen LogP contribution in [0, 0.1) is 19.8 Å². The second-order valence-electron chi connectivity index (χ2n) is 6.45. The van der Waals surface area contributed by atoms with Crippen molar-refractivity contribution in [3.63, 3.8) is 0 Å². The molecule has 3 rings (SSSR count). The number of nitrogens with zero attached hydrogens (tertiary/aromatic N) is 3. The van der Waals surface area contributed by atoms with E-state index < -0.39 is 0 Å². The first-order chi connectivity index (χ1) is 11.1. The average molecular weight is 319 g/mol. The Hall–Kier alpha value is -1.69. The van der Waals surface area contributed by atoms with Gasteiger partial charge in [-0.3, -0.25) is 4.79 Å². The highest BCUT2D eigenvalue weighted by Gasteiger charge is 2.30. The molecule has 2 saturated heterocycles. The second kappa shape index (κ2) is 7.25. The molecule has 3 heterocycles. The van der Waals surface area contributed by atoms with Gasteiger partial charge in [0.2, 0.25) is 11.8 Å². The molecule has 6 nitrogen and oxygen atoms in total. The fraction of sp³-hybridized carbons (Fsp3) is 0.706. The van der Waals surface area contributed by atoms with Crippen molar-refractivity contribution in [2.45, 2.75) is 45.6 Å². The first-order valence-corrected chi connectivity index (χ1v) is 8.47. The minimum absolute atomic E-state index is 0.0150. The van der Waals surface area contributed by atoms with Gasteiger partial charge < -0.3 is 14.4 Å². The van der Waals surface area contributed by atoms with Crippen LogP contribution in [-0.4, -0.2) is 53.2 Å². The van der Waals surface area contributed by atoms with E-state index in [1.807, 2.05) is 24.8 Å². The Morgan fingerprint density at radius 2 is 2.04 bits per heavy atom. The van der Waals surface area contributed by atoms with Crippen LogP contribution in [0.4, 0.5) is 0 Å². The highest BCUT2D eigenvalue weighted by Crippen LogP contribution is 2.22. The standard InChI is InChI=1S/C17H25N3O3/c1-12-10-16(19-13(2)18-12)23-15-4-3-7-20(11-15)17(21)14-5-8-22-9-6-14/h10,14-15H,3-9,11H2,1-2H3. The van der Waals surface area contributed by atoms with Gasteiger partial charge >= 0.3 is 0 Å². The number of rotatable bonds is 3. The van der Waals surface area contributed by atoms with E-state index in [-0.39, 0.29) is 17.9 Å². The molecule has 0 radical (unpaired) electrons. The number of piperidine rings is 1. The van der Waals surface area contributed by atoms with Gasteiger partial charge in [0.15, 0.2) is 0 Å². The number of amides is 1. The molecular weight excluding hydrogens is 294 g/mol. The van der Waals surface area contributed by atoms with Crippen LogP contribution in [0.3, 0.4) is 0 Å². The lowest BCUT2D eigenvalue weighted by molar-refractivity contribution is -0.141. The lowest BCUT2D eigenvalue weighted by Gasteiger charge is -2.35. The van der Waals surface area contributed by atoms with Crippen LogP contribution < -0.4 is 4.74 Å². The largest absolute Gasteiger partial charge is 0.472 e. The van der Waals surface area contributed by atoms with Gasteiger partial charge in [-0.2, -0.15) is 4.98 Å². The molecule has 1 atom stereocenters. The van der Waals surface area contributed by atoms with Gasteiger partial charge in [-0.25, -0.2) is 4.98 Å². The molecule has 0 saturated carbocycles. The molecule has 6 heteroatoms. The molecule has 0 aliphatic carbocycles. The molecule has 126 valence electrons. The maximum Gasteiger partial charge on any atom is 0.225 e. The van der Waals surface area contributed by atoms with Crippen molar-refractivity contribution in [3.8, 4) is 5.88 Å². The van der Waals surface area contributed by atoms with E-state index in [1.54, 1.807) is 0 Å². The fourth-order valence-corrected chi connectivity index (χ4v) is 3.35. The Balaban J connectivity index is 1.60. The van der Waals surface area contributed by atoms with Crippen molar-refractivity contribution in [2.24, 2.45) is 5.92 Å². The predicted molar refractivity (Wildman–Crippen MR) is 85.3 cm³/mol. The number of likely N-dealkylation sites (tertiary alicyclic amines) is 1. The normalized spacial score (nSPS) is 22.9. The van der Waals surface area contributed by atoms with E-state index in [4.69, 9.17) is 9.47 Å². The lowest BCUT2D eigenvalue weighted by atomic mass is 9.97. The monoisotopic (exact) mass is 319 g/mol. The third-order valence-corrected chi connectivity index (χ3v) is 4.49. The second-order valence-corrected chi connectivity index (χ2v) is 6.45. The van der Waals surface area contributed by atoms with Crippen molar-refractivity contribution in [1.29, 1.82) is 0 Å². The van der Waals surface area contributed by atoms with Crippen molar-refractivity contribution in [3.05, 3.63) is 17.6 Å². The predicted octanol–water partition coefficient (Wildman–Crippen LogP) is 1.89. The fourth-order valence-electron chi connectivity index (χ4n) is 3.35. The molecular formula is C17H25N3O3. The summed E-state index contributed by atoms with van der Waals surface area (Å²) >= 11 is 0. The van der Waals surface area contributed by atoms with Crippen molar-refractivity contribution >= 4 is 5.91 Å². The maximum atomic E-state index is 12.6. The lowest BCUT2D eigenvalue weighted by Crippen LogP contribution is -2.47. The summed E-state index contributed by atoms with van der Waals surface area (Å²) < 4.78 is 11.4. The van der Waals surface area contributed by atoms with Crippen molar-refractivity contribution in [1.82, 2.24) is 14.9 Å². The van der Waals surface area contributed by atoms with Crippen LogP contribution in [0.5, 0.6) is 5.88 Å². The number of aryl methyl sites for hydroxylation is 2. The third-order valence-electron chi connectivity index (χ3n) is 4.49. The molecule has 1 amide bonds. The van der Waals surface area contributed by atoms with E-state index in [9.17, 15) is 4.79 Å². The molecule has 0 spiro atoms. The number of carbonyl (C=O) groups excluding carboxylic acids is 1. The average Bonchev–Trinajstić information content (AvgIpc) is 2.54. The number of hydrogen-bond donors (Lipinski definition) is 0. The minimum Gasteiger partial charge on any atom is -0.472 e. The molecule has 0 bridgehead atoms. The SMILES string of the molecule is Cc1cc(OC2CCCN(C(=O)C3CCOCC3)C2)nc(C)n1. The number of hydrogen-bond acceptors (Lipinski definition) is 5. The van der Waals surface area contributed by atoms with Gasteiger partial charge in [0, 0.05) is 37.4 Å². The Bertz CT molecular complexity index is 538. The molecule has 0 aromatic carbocycles. The van der Waals surface area contributed by atoms with Crippen LogP contribution >= 0.6 is 0 Å². The summed E-state index contributed by atoms with van der Waals surface area (Å²) in [7, 11) is 0. The van der Waals surface area contributed by atoms with Crippen molar-refractivity contribution < 1.29 is 14.3 Å². The van der Waals surface area contributed by atoms with Gasteiger partial charge in [0.1, 0.15) is 11.9 Å². The van der Waals surface area contributed by atoms with Crippen LogP contribution in [0.1, 0.15) is 37.2 Å². The van der Waals surface area contributed by atoms with Crippen molar-refractivity contribution in [2.75, 3.05) is 26.3 Å². The number of carbonyl (C=O) groups is 1. The summed E-state index contributed by atoms with van der Waals surface area (Å²) in [5.74, 6) is 1.70. The van der Waals surface area contributed by atoms with Crippen LogP contribution in [0.25, 0.3) is 0 Å². The van der Waals surface area contributed by atoms with Gasteiger partial charge in [0.05, 0.1) is 6.54 Å². The highest BCUT2D eigenvalue weighted by molar-refractivity contribution is 5.79. The highest BCUT2D eigenvalue weighted by atomic mass is 16.5. The summed E-state index contributed by atoms with van der Waals surface area (Å²) in [6.07, 6.45) is 3.62. The van der Waals surface area contributed by atoms with E-state index in [0.29, 0.717) is 31.5 Å². The number of aromatic nitrogens is 2. The van der Waals surface area contributed by atoms with Gasteiger partial charge in [0.25, 0.3) is 0 Å². The summed E-state index contributed by atoms with van der Waals surface area (Å²) in [6, 6.07) is 1.85. The van der Waals surface area contributed by atoms with Crippen LogP contribution in [0.2, 0.25) is 0 Å². The van der Waals surface area contributed by atoms with Gasteiger partial charge in [-0.15, -0.1) is 0 Å². The smallest absolute Gasteiger partial charge is 0.225 e. The summed E-state index contributed by atoms with van der Waals surface area (Å²) in [6.45, 7) is 6.68. The zero-order chi connectivity index (χ0) is 16.2. The Kier molecular flexibility index (Phi) is 5.10. The first kappa shape index (κ1) is 16.2. The quantitative estimate of drug-likeness (QED) is 0.851. The van der Waals surface area contributed by atoms with E-state index in [1.165, 1.54) is 0 Å². The zero-order valence-corrected chi connectivity index (χ0v) is 14.0. The van der Waals surface area contributed by atoms with Gasteiger partial charge in [-0.05, 0) is 39.5 Å². The summed E-state index contributed by atoms with van der Waals surface area (Å²) in [4.78, 5) is 23.2. The molecule has 23 heavy (non-hydrogen) atoms. The summed E-state index contributed by atoms with van der Waals surface area (Å²) in [5, 5.41) is 0. The molecule has 1 aromatic heterocycles. The Morgan fingerprint density at radius 3 is 2.78 bits per heavy atom. The van der Waals surface area contributed by atoms with Crippen LogP contribution in [-0.2, 0) is 9.53 Å². The maximum absolute atomic E-state index is 12.6. The third kappa shape index (κ3) is 4.19. The zero-order valence-electron chi connectivity index (χ0n) is 14.0. The van der Waals surface area contributed by atoms with Crippen LogP contribution in [0.15, 0.2) is 6.07 Å².